The largest absolute Gasteiger partial charge is 0.476 e. The molecule has 2 N–H and O–H groups in total. The van der Waals surface area contributed by atoms with Crippen molar-refractivity contribution >= 4 is 38.4 Å². The van der Waals surface area contributed by atoms with Crippen LogP contribution in [-0.4, -0.2) is 60.4 Å². The molecule has 11 heteroatoms. The fourth-order valence-corrected chi connectivity index (χ4v) is 7.24. The minimum Gasteiger partial charge on any atom is -0.476 e. The number of rotatable bonds is 10. The van der Waals surface area contributed by atoms with Crippen LogP contribution < -0.4 is 10.2 Å². The fourth-order valence-electron chi connectivity index (χ4n) is 4.74. The van der Waals surface area contributed by atoms with Crippen molar-refractivity contribution in [3.63, 3.8) is 0 Å². The smallest absolute Gasteiger partial charge is 0.355 e. The van der Waals surface area contributed by atoms with Gasteiger partial charge >= 0.3 is 5.97 Å². The Morgan fingerprint density at radius 1 is 1.07 bits per heavy atom. The molecule has 0 saturated carbocycles. The number of aromatic carboxylic acids is 1. The number of carbonyl (C=O) groups is 2. The number of carboxylic acids is 1. The van der Waals surface area contributed by atoms with E-state index in [1.165, 1.54) is 21.2 Å². The van der Waals surface area contributed by atoms with E-state index in [0.29, 0.717) is 15.9 Å². The van der Waals surface area contributed by atoms with Crippen molar-refractivity contribution < 1.29 is 23.1 Å². The summed E-state index contributed by atoms with van der Waals surface area (Å²) in [5.74, 6) is -1.15. The third-order valence-electron chi connectivity index (χ3n) is 7.07. The highest BCUT2D eigenvalue weighted by molar-refractivity contribution is 7.89. The van der Waals surface area contributed by atoms with E-state index in [4.69, 9.17) is 0 Å². The summed E-state index contributed by atoms with van der Waals surface area (Å²) >= 11 is 1.22. The van der Waals surface area contributed by atoms with Crippen LogP contribution in [0, 0.1) is 6.92 Å². The Bertz CT molecular complexity index is 1450. The van der Waals surface area contributed by atoms with Gasteiger partial charge in [-0.3, -0.25) is 4.79 Å². The molecule has 0 bridgehead atoms. The number of benzene rings is 2. The second-order valence-corrected chi connectivity index (χ2v) is 13.4. The monoisotopic (exact) mass is 584 g/mol. The molecule has 214 valence electrons. The number of nitrogens with zero attached hydrogens (tertiary/aromatic N) is 3. The van der Waals surface area contributed by atoms with Crippen molar-refractivity contribution in [2.24, 2.45) is 0 Å². The molecule has 0 spiro atoms. The molecule has 1 amide bonds. The van der Waals surface area contributed by atoms with Crippen LogP contribution >= 0.6 is 11.3 Å². The van der Waals surface area contributed by atoms with E-state index in [1.807, 2.05) is 36.4 Å². The van der Waals surface area contributed by atoms with Crippen LogP contribution in [0.1, 0.15) is 65.2 Å². The number of aryl methyl sites for hydroxylation is 2. The predicted octanol–water partition coefficient (Wildman–Crippen LogP) is 4.42. The third kappa shape index (κ3) is 6.54. The van der Waals surface area contributed by atoms with Crippen LogP contribution in [0.25, 0.3) is 0 Å². The number of thiazole rings is 1. The Morgan fingerprint density at radius 3 is 2.30 bits per heavy atom. The molecule has 1 aliphatic heterocycles. The number of carbonyl (C=O) groups excluding carboxylic acids is 1. The van der Waals surface area contributed by atoms with E-state index in [0.717, 1.165) is 24.0 Å². The number of hydrogen-bond donors (Lipinski definition) is 2. The summed E-state index contributed by atoms with van der Waals surface area (Å²) < 4.78 is 28.8. The molecule has 0 aliphatic carbocycles. The Labute approximate surface area is 239 Å². The summed E-state index contributed by atoms with van der Waals surface area (Å²) in [6, 6.07) is 13.8. The Hall–Kier alpha value is -3.28. The third-order valence-corrected chi connectivity index (χ3v) is 10.0. The number of piperazine rings is 1. The van der Waals surface area contributed by atoms with Gasteiger partial charge in [0.2, 0.25) is 15.9 Å². The van der Waals surface area contributed by atoms with Gasteiger partial charge in [0.1, 0.15) is 6.04 Å². The van der Waals surface area contributed by atoms with E-state index in [9.17, 15) is 23.1 Å². The molecular formula is C29H36N4O5S2. The first kappa shape index (κ1) is 29.7. The normalized spacial score (nSPS) is 16.3. The van der Waals surface area contributed by atoms with Gasteiger partial charge in [0.05, 0.1) is 4.90 Å². The molecule has 0 unspecified atom stereocenters. The van der Waals surface area contributed by atoms with E-state index in [1.54, 1.807) is 24.0 Å². The fraction of sp³-hybridized carbons (Fsp3) is 0.414. The highest BCUT2D eigenvalue weighted by Crippen LogP contribution is 2.30. The molecule has 1 aliphatic rings. The molecule has 4 rings (SSSR count). The molecule has 1 saturated heterocycles. The number of hydrogen-bond acceptors (Lipinski definition) is 7. The molecular weight excluding hydrogens is 548 g/mol. The lowest BCUT2D eigenvalue weighted by Crippen LogP contribution is -2.60. The Kier molecular flexibility index (Phi) is 9.27. The Balaban J connectivity index is 1.59. The van der Waals surface area contributed by atoms with Crippen LogP contribution in [0.3, 0.4) is 0 Å². The molecule has 9 nitrogen and oxygen atoms in total. The van der Waals surface area contributed by atoms with Crippen LogP contribution in [0.15, 0.2) is 53.4 Å². The van der Waals surface area contributed by atoms with Gasteiger partial charge in [-0.2, -0.15) is 4.31 Å². The number of carboxylic acid groups (broad SMARTS) is 1. The van der Waals surface area contributed by atoms with E-state index < -0.39 is 27.9 Å². The second kappa shape index (κ2) is 12.5. The summed E-state index contributed by atoms with van der Waals surface area (Å²) in [5, 5.41) is 12.8. The van der Waals surface area contributed by atoms with Crippen LogP contribution in [0.5, 0.6) is 0 Å². The standard InChI is InChI=1S/C29H36N4O5S2/c1-5-6-21-9-13-24(14-10-21)40(37,38)33-16-15-32(29-31-26(28(35)36)20(4)39-29)18-25(33)27(34)30-17-22-7-11-23(12-8-22)19(2)3/h7-14,19,25H,5-6,15-18H2,1-4H3,(H,30,34)(H,35,36)/t25-/m1/s1. The summed E-state index contributed by atoms with van der Waals surface area (Å²) in [6.07, 6.45) is 1.81. The van der Waals surface area contributed by atoms with Gasteiger partial charge in [0.15, 0.2) is 10.8 Å². The average molecular weight is 585 g/mol. The van der Waals surface area contributed by atoms with E-state index in [-0.39, 0.29) is 36.8 Å². The van der Waals surface area contributed by atoms with Crippen molar-refractivity contribution in [1.29, 1.82) is 0 Å². The van der Waals surface area contributed by atoms with Crippen molar-refractivity contribution in [3.8, 4) is 0 Å². The van der Waals surface area contributed by atoms with Crippen molar-refractivity contribution in [3.05, 3.63) is 75.8 Å². The van der Waals surface area contributed by atoms with E-state index >= 15 is 0 Å². The van der Waals surface area contributed by atoms with Crippen molar-refractivity contribution in [1.82, 2.24) is 14.6 Å². The molecule has 1 atom stereocenters. The van der Waals surface area contributed by atoms with Gasteiger partial charge in [0, 0.05) is 31.1 Å². The highest BCUT2D eigenvalue weighted by atomic mass is 32.2. The molecule has 3 aromatic rings. The zero-order chi connectivity index (χ0) is 29.0. The number of nitrogens with one attached hydrogen (secondary N) is 1. The maximum atomic E-state index is 13.8. The maximum Gasteiger partial charge on any atom is 0.355 e. The molecule has 40 heavy (non-hydrogen) atoms. The summed E-state index contributed by atoms with van der Waals surface area (Å²) in [4.78, 5) is 31.9. The average Bonchev–Trinajstić information content (AvgIpc) is 3.34. The van der Waals surface area contributed by atoms with Crippen molar-refractivity contribution in [2.75, 3.05) is 24.5 Å². The van der Waals surface area contributed by atoms with Gasteiger partial charge in [-0.25, -0.2) is 18.2 Å². The lowest BCUT2D eigenvalue weighted by atomic mass is 10.0. The molecule has 2 heterocycles. The summed E-state index contributed by atoms with van der Waals surface area (Å²) in [5.41, 5.74) is 3.12. The van der Waals surface area contributed by atoms with E-state index in [2.05, 4.69) is 31.1 Å². The predicted molar refractivity (Wildman–Crippen MR) is 157 cm³/mol. The number of anilines is 1. The van der Waals surface area contributed by atoms with Gasteiger partial charge in [-0.15, -0.1) is 11.3 Å². The van der Waals surface area contributed by atoms with Crippen molar-refractivity contribution in [2.45, 2.75) is 63.9 Å². The van der Waals surface area contributed by atoms with Gasteiger partial charge in [0.25, 0.3) is 0 Å². The first-order valence-electron chi connectivity index (χ1n) is 13.4. The van der Waals surface area contributed by atoms with Crippen LogP contribution in [0.2, 0.25) is 0 Å². The lowest BCUT2D eigenvalue weighted by molar-refractivity contribution is -0.125. The SMILES string of the molecule is CCCc1ccc(S(=O)(=O)N2CCN(c3nc(C(=O)O)c(C)s3)C[C@@H]2C(=O)NCc2ccc(C(C)C)cc2)cc1. The molecule has 2 aromatic carbocycles. The van der Waals surface area contributed by atoms with Gasteiger partial charge < -0.3 is 15.3 Å². The minimum absolute atomic E-state index is 0.0342. The molecule has 1 fully saturated rings. The molecule has 1 aromatic heterocycles. The number of aromatic nitrogens is 1. The second-order valence-electron chi connectivity index (χ2n) is 10.3. The van der Waals surface area contributed by atoms with Gasteiger partial charge in [-0.05, 0) is 48.1 Å². The first-order valence-corrected chi connectivity index (χ1v) is 15.7. The van der Waals surface area contributed by atoms with Crippen LogP contribution in [-0.2, 0) is 27.8 Å². The number of sulfonamides is 1. The summed E-state index contributed by atoms with van der Waals surface area (Å²) in [6.45, 7) is 8.62. The topological polar surface area (TPSA) is 120 Å². The zero-order valence-corrected chi connectivity index (χ0v) is 24.9. The van der Waals surface area contributed by atoms with Crippen LogP contribution in [0.4, 0.5) is 5.13 Å². The Morgan fingerprint density at radius 2 is 1.73 bits per heavy atom. The minimum atomic E-state index is -3.97. The quantitative estimate of drug-likeness (QED) is 0.362. The van der Waals surface area contributed by atoms with Gasteiger partial charge in [-0.1, -0.05) is 63.6 Å². The maximum absolute atomic E-state index is 13.8. The summed E-state index contributed by atoms with van der Waals surface area (Å²) in [7, 11) is -3.97. The first-order chi connectivity index (χ1) is 19.0. The zero-order valence-electron chi connectivity index (χ0n) is 23.3. The number of amides is 1. The lowest BCUT2D eigenvalue weighted by Gasteiger charge is -2.39. The highest BCUT2D eigenvalue weighted by Gasteiger charge is 2.41. The molecule has 0 radical (unpaired) electrons.